The van der Waals surface area contributed by atoms with Crippen LogP contribution in [0.2, 0.25) is 0 Å². The molecule has 1 aromatic carbocycles. The molecule has 2 aliphatic rings. The monoisotopic (exact) mass is 321 g/mol. The van der Waals surface area contributed by atoms with Crippen molar-refractivity contribution in [2.75, 3.05) is 6.54 Å². The molecule has 0 amide bonds. The summed E-state index contributed by atoms with van der Waals surface area (Å²) in [6.07, 6.45) is 2.13. The predicted octanol–water partition coefficient (Wildman–Crippen LogP) is 2.53. The largest absolute Gasteiger partial charge is 0.392 e. The van der Waals surface area contributed by atoms with Gasteiger partial charge < -0.3 is 9.63 Å². The van der Waals surface area contributed by atoms with Gasteiger partial charge in [0.05, 0.1) is 12.6 Å². The molecule has 1 saturated carbocycles. The second-order valence-electron chi connectivity index (χ2n) is 6.33. The highest BCUT2D eigenvalue weighted by atomic mass is 19.2. The molecule has 1 N–H and O–H groups in total. The second-order valence-corrected chi connectivity index (χ2v) is 6.33. The van der Waals surface area contributed by atoms with Crippen LogP contribution in [-0.2, 0) is 6.54 Å². The van der Waals surface area contributed by atoms with Crippen molar-refractivity contribution in [3.05, 3.63) is 47.1 Å². The first kappa shape index (κ1) is 14.7. The van der Waals surface area contributed by atoms with E-state index in [1.807, 2.05) is 4.90 Å². The molecule has 7 heteroatoms. The first-order valence-corrected chi connectivity index (χ1v) is 7.79. The number of halogens is 2. The van der Waals surface area contributed by atoms with Gasteiger partial charge in [-0.25, -0.2) is 8.78 Å². The van der Waals surface area contributed by atoms with Gasteiger partial charge in [-0.1, -0.05) is 11.2 Å². The fourth-order valence-corrected chi connectivity index (χ4v) is 3.13. The first-order chi connectivity index (χ1) is 11.1. The maximum atomic E-state index is 13.5. The van der Waals surface area contributed by atoms with Crippen molar-refractivity contribution < 1.29 is 18.4 Å². The van der Waals surface area contributed by atoms with E-state index in [9.17, 15) is 13.9 Å². The van der Waals surface area contributed by atoms with Crippen LogP contribution in [0.1, 0.15) is 48.5 Å². The van der Waals surface area contributed by atoms with Gasteiger partial charge in [-0.05, 0) is 37.0 Å². The Morgan fingerprint density at radius 3 is 2.83 bits per heavy atom. The van der Waals surface area contributed by atoms with E-state index < -0.39 is 17.7 Å². The average Bonchev–Trinajstić information content (AvgIpc) is 3.16. The third kappa shape index (κ3) is 2.98. The van der Waals surface area contributed by atoms with Crippen LogP contribution in [0.5, 0.6) is 0 Å². The summed E-state index contributed by atoms with van der Waals surface area (Å²) in [5.41, 5.74) is 0.645. The van der Waals surface area contributed by atoms with Gasteiger partial charge in [0.15, 0.2) is 17.5 Å². The topological polar surface area (TPSA) is 62.4 Å². The SMILES string of the molecule is O[C@H]1C[C@H](c2ccc(F)c(F)c2)N(Cc2noc(C3CC3)n2)C1. The molecule has 2 aromatic rings. The van der Waals surface area contributed by atoms with Gasteiger partial charge in [0.25, 0.3) is 0 Å². The van der Waals surface area contributed by atoms with Gasteiger partial charge in [0, 0.05) is 18.5 Å². The van der Waals surface area contributed by atoms with Crippen molar-refractivity contribution in [1.82, 2.24) is 15.0 Å². The van der Waals surface area contributed by atoms with Crippen LogP contribution in [-0.4, -0.2) is 32.8 Å². The zero-order valence-corrected chi connectivity index (χ0v) is 12.5. The Balaban J connectivity index is 1.53. The molecule has 5 nitrogen and oxygen atoms in total. The molecule has 122 valence electrons. The number of β-amino-alcohol motifs (C(OH)–C–C–N with tert-alkyl or cyclic N) is 1. The van der Waals surface area contributed by atoms with Gasteiger partial charge in [0.1, 0.15) is 0 Å². The fraction of sp³-hybridized carbons (Fsp3) is 0.500. The van der Waals surface area contributed by atoms with E-state index >= 15 is 0 Å². The minimum atomic E-state index is -0.876. The highest BCUT2D eigenvalue weighted by Crippen LogP contribution is 2.39. The first-order valence-electron chi connectivity index (χ1n) is 7.79. The molecule has 1 aliphatic carbocycles. The summed E-state index contributed by atoms with van der Waals surface area (Å²) in [7, 11) is 0. The van der Waals surface area contributed by atoms with E-state index in [1.165, 1.54) is 6.07 Å². The average molecular weight is 321 g/mol. The van der Waals surface area contributed by atoms with Crippen LogP contribution in [0.4, 0.5) is 8.78 Å². The number of aliphatic hydroxyl groups is 1. The number of nitrogens with zero attached hydrogens (tertiary/aromatic N) is 3. The van der Waals surface area contributed by atoms with Gasteiger partial charge >= 0.3 is 0 Å². The summed E-state index contributed by atoms with van der Waals surface area (Å²) in [4.78, 5) is 6.36. The van der Waals surface area contributed by atoms with Gasteiger partial charge in [0.2, 0.25) is 5.89 Å². The van der Waals surface area contributed by atoms with E-state index in [0.29, 0.717) is 42.7 Å². The summed E-state index contributed by atoms with van der Waals surface area (Å²) in [5.74, 6) is -0.120. The number of hydrogen-bond acceptors (Lipinski definition) is 5. The Morgan fingerprint density at radius 1 is 1.26 bits per heavy atom. The second kappa shape index (κ2) is 5.65. The molecule has 2 atom stereocenters. The molecule has 0 unspecified atom stereocenters. The normalized spacial score (nSPS) is 25.2. The molecule has 0 radical (unpaired) electrons. The Kier molecular flexibility index (Phi) is 3.61. The Bertz CT molecular complexity index is 717. The van der Waals surface area contributed by atoms with Crippen LogP contribution >= 0.6 is 0 Å². The summed E-state index contributed by atoms with van der Waals surface area (Å²) in [5, 5.41) is 13.9. The summed E-state index contributed by atoms with van der Waals surface area (Å²) >= 11 is 0. The highest BCUT2D eigenvalue weighted by Gasteiger charge is 2.34. The third-order valence-electron chi connectivity index (χ3n) is 4.46. The van der Waals surface area contributed by atoms with Crippen molar-refractivity contribution in [2.45, 2.75) is 43.9 Å². The van der Waals surface area contributed by atoms with Crippen molar-refractivity contribution in [3.8, 4) is 0 Å². The lowest BCUT2D eigenvalue weighted by molar-refractivity contribution is 0.170. The lowest BCUT2D eigenvalue weighted by Crippen LogP contribution is -2.25. The molecular weight excluding hydrogens is 304 g/mol. The Morgan fingerprint density at radius 2 is 2.09 bits per heavy atom. The standard InChI is InChI=1S/C16H17F2N3O2/c17-12-4-3-10(5-13(12)18)14-6-11(22)7-21(14)8-15-19-16(23-20-15)9-1-2-9/h3-5,9,11,14,22H,1-2,6-8H2/t11-,14+/m0/s1. The number of aliphatic hydroxyl groups excluding tert-OH is 1. The van der Waals surface area contributed by atoms with Crippen molar-refractivity contribution >= 4 is 0 Å². The Hall–Kier alpha value is -1.86. The van der Waals surface area contributed by atoms with Crippen LogP contribution < -0.4 is 0 Å². The summed E-state index contributed by atoms with van der Waals surface area (Å²) < 4.78 is 31.8. The predicted molar refractivity (Wildman–Crippen MR) is 76.4 cm³/mol. The lowest BCUT2D eigenvalue weighted by Gasteiger charge is -2.23. The summed E-state index contributed by atoms with van der Waals surface area (Å²) in [6.45, 7) is 0.855. The molecule has 0 bridgehead atoms. The van der Waals surface area contributed by atoms with Crippen LogP contribution in [0, 0.1) is 11.6 Å². The molecule has 4 rings (SSSR count). The van der Waals surface area contributed by atoms with E-state index in [-0.39, 0.29) is 6.04 Å². The van der Waals surface area contributed by atoms with Gasteiger partial charge in [-0.3, -0.25) is 4.90 Å². The molecule has 2 fully saturated rings. The fourth-order valence-electron chi connectivity index (χ4n) is 3.13. The molecule has 1 saturated heterocycles. The van der Waals surface area contributed by atoms with Crippen molar-refractivity contribution in [3.63, 3.8) is 0 Å². The molecule has 1 aromatic heterocycles. The molecule has 1 aliphatic heterocycles. The van der Waals surface area contributed by atoms with E-state index in [4.69, 9.17) is 4.52 Å². The minimum Gasteiger partial charge on any atom is -0.392 e. The molecule has 2 heterocycles. The highest BCUT2D eigenvalue weighted by molar-refractivity contribution is 5.23. The van der Waals surface area contributed by atoms with Crippen LogP contribution in [0.25, 0.3) is 0 Å². The third-order valence-corrected chi connectivity index (χ3v) is 4.46. The zero-order valence-electron chi connectivity index (χ0n) is 12.5. The smallest absolute Gasteiger partial charge is 0.229 e. The van der Waals surface area contributed by atoms with Gasteiger partial charge in [-0.2, -0.15) is 4.98 Å². The van der Waals surface area contributed by atoms with Crippen molar-refractivity contribution in [2.24, 2.45) is 0 Å². The zero-order chi connectivity index (χ0) is 16.0. The lowest BCUT2D eigenvalue weighted by atomic mass is 10.0. The number of benzene rings is 1. The number of aromatic nitrogens is 2. The van der Waals surface area contributed by atoms with Gasteiger partial charge in [-0.15, -0.1) is 0 Å². The van der Waals surface area contributed by atoms with E-state index in [1.54, 1.807) is 6.07 Å². The maximum Gasteiger partial charge on any atom is 0.229 e. The quantitative estimate of drug-likeness (QED) is 0.937. The molecule has 0 spiro atoms. The van der Waals surface area contributed by atoms with E-state index in [0.717, 1.165) is 18.9 Å². The van der Waals surface area contributed by atoms with Crippen LogP contribution in [0.15, 0.2) is 22.7 Å². The Labute approximate surface area is 131 Å². The number of rotatable bonds is 4. The number of hydrogen-bond donors (Lipinski definition) is 1. The molecule has 23 heavy (non-hydrogen) atoms. The van der Waals surface area contributed by atoms with Crippen molar-refractivity contribution in [1.29, 1.82) is 0 Å². The summed E-state index contributed by atoms with van der Waals surface area (Å²) in [6, 6.07) is 3.67. The van der Waals surface area contributed by atoms with Crippen LogP contribution in [0.3, 0.4) is 0 Å². The maximum absolute atomic E-state index is 13.5. The number of likely N-dealkylation sites (tertiary alicyclic amines) is 1. The van der Waals surface area contributed by atoms with E-state index in [2.05, 4.69) is 10.1 Å². The minimum absolute atomic E-state index is 0.192. The molecular formula is C16H17F2N3O2.